The van der Waals surface area contributed by atoms with Crippen LogP contribution in [0.3, 0.4) is 0 Å². The fourth-order valence-corrected chi connectivity index (χ4v) is 4.40. The second-order valence-corrected chi connectivity index (χ2v) is 7.83. The van der Waals surface area contributed by atoms with Crippen LogP contribution < -0.4 is 16.8 Å². The second-order valence-electron chi connectivity index (χ2n) is 5.73. The van der Waals surface area contributed by atoms with E-state index < -0.39 is 50.4 Å². The van der Waals surface area contributed by atoms with Crippen LogP contribution in [0, 0.1) is 0 Å². The molecule has 5 N–H and O–H groups in total. The molecule has 0 aliphatic rings. The first-order valence-corrected chi connectivity index (χ1v) is 9.60. The van der Waals surface area contributed by atoms with E-state index >= 15 is 0 Å². The average Bonchev–Trinajstić information content (AvgIpc) is 2.51. The zero-order chi connectivity index (χ0) is 19.9. The van der Waals surface area contributed by atoms with Gasteiger partial charge in [0.1, 0.15) is 0 Å². The molecule has 0 heterocycles. The van der Waals surface area contributed by atoms with Crippen LogP contribution in [0.4, 0.5) is 0 Å². The summed E-state index contributed by atoms with van der Waals surface area (Å²) in [7, 11) is -2.84. The Morgan fingerprint density at radius 2 is 1.67 bits per heavy atom. The molecular weight excluding hydrogens is 334 g/mol. The molecule has 0 aliphatic carbocycles. The Kier molecular flexibility index (Phi) is 8.34. The summed E-state index contributed by atoms with van der Waals surface area (Å²) in [6, 6.07) is 0. The van der Waals surface area contributed by atoms with Gasteiger partial charge in [-0.25, -0.2) is 8.42 Å². The number of hydrogen-bond donors (Lipinski definition) is 3. The fraction of sp³-hybridized carbons (Fsp3) is 0.800. The van der Waals surface area contributed by atoms with Gasteiger partial charge in [0, 0.05) is 21.3 Å². The van der Waals surface area contributed by atoms with Gasteiger partial charge in [0.25, 0.3) is 0 Å². The maximum Gasteiger partial charge on any atom is 0.246 e. The molecule has 140 valence electrons. The van der Waals surface area contributed by atoms with Crippen LogP contribution in [0.25, 0.3) is 0 Å². The van der Waals surface area contributed by atoms with Crippen molar-refractivity contribution in [3.8, 4) is 0 Å². The van der Waals surface area contributed by atoms with Crippen molar-refractivity contribution in [2.75, 3.05) is 12.8 Å². The maximum atomic E-state index is 12.7. The van der Waals surface area contributed by atoms with Gasteiger partial charge in [0.2, 0.25) is 11.8 Å². The van der Waals surface area contributed by atoms with E-state index in [0.717, 1.165) is 0 Å². The number of nitrogens with one attached hydrogen (secondary N) is 1. The molecule has 0 aromatic carbocycles. The average molecular weight is 364 g/mol. The number of sulfone groups is 1. The topological polar surface area (TPSA) is 149 Å². The highest BCUT2D eigenvalue weighted by Crippen LogP contribution is 2.20. The summed E-state index contributed by atoms with van der Waals surface area (Å²) in [4.78, 5) is 35.3. The molecule has 0 bridgehead atoms. The predicted octanol–water partition coefficient (Wildman–Crippen LogP) is -0.352. The molecule has 8 nitrogen and oxygen atoms in total. The number of primary amides is 1. The third-order valence-corrected chi connectivity index (χ3v) is 5.83. The van der Waals surface area contributed by atoms with Gasteiger partial charge in [-0.3, -0.25) is 14.4 Å². The van der Waals surface area contributed by atoms with E-state index in [2.05, 4.69) is 5.32 Å². The van der Waals surface area contributed by atoms with Gasteiger partial charge in [-0.2, -0.15) is 0 Å². The molecule has 0 spiro atoms. The Balaban J connectivity index is 5.63. The van der Waals surface area contributed by atoms with Crippen LogP contribution in [0.15, 0.2) is 0 Å². The SMILES string of the molecule is [2H]C(CCC)(CCC)S(=O)(=O)C[C@](N)(C(N)=O)C(=O)CCC(=O)NC. The molecule has 0 fully saturated rings. The van der Waals surface area contributed by atoms with Gasteiger partial charge >= 0.3 is 0 Å². The lowest BCUT2D eigenvalue weighted by molar-refractivity contribution is -0.134. The summed E-state index contributed by atoms with van der Waals surface area (Å²) >= 11 is 0. The van der Waals surface area contributed by atoms with Crippen molar-refractivity contribution in [2.24, 2.45) is 11.5 Å². The van der Waals surface area contributed by atoms with E-state index in [1.165, 1.54) is 7.05 Å². The normalized spacial score (nSPS) is 15.2. The summed E-state index contributed by atoms with van der Waals surface area (Å²) in [5.41, 5.74) is 8.51. The number of hydrogen-bond acceptors (Lipinski definition) is 6. The van der Waals surface area contributed by atoms with Gasteiger partial charge in [-0.15, -0.1) is 0 Å². The van der Waals surface area contributed by atoms with Gasteiger partial charge < -0.3 is 16.8 Å². The molecule has 0 unspecified atom stereocenters. The van der Waals surface area contributed by atoms with Gasteiger partial charge in [0.15, 0.2) is 21.2 Å². The second kappa shape index (κ2) is 9.73. The molecule has 1 atom stereocenters. The van der Waals surface area contributed by atoms with E-state index in [0.29, 0.717) is 12.8 Å². The van der Waals surface area contributed by atoms with Crippen LogP contribution in [-0.4, -0.2) is 49.6 Å². The van der Waals surface area contributed by atoms with E-state index in [9.17, 15) is 22.8 Å². The van der Waals surface area contributed by atoms with E-state index in [4.69, 9.17) is 12.8 Å². The molecule has 0 saturated carbocycles. The lowest BCUT2D eigenvalue weighted by Gasteiger charge is -2.27. The molecule has 9 heteroatoms. The molecule has 0 saturated heterocycles. The zero-order valence-corrected chi connectivity index (χ0v) is 15.4. The van der Waals surface area contributed by atoms with Crippen LogP contribution in [0.1, 0.15) is 53.7 Å². The monoisotopic (exact) mass is 364 g/mol. The number of Topliss-reactive ketones (excluding diaryl/α,β-unsaturated/α-hetero) is 1. The van der Waals surface area contributed by atoms with Gasteiger partial charge in [0.05, 0.1) is 11.0 Å². The summed E-state index contributed by atoms with van der Waals surface area (Å²) in [5.74, 6) is -3.70. The zero-order valence-electron chi connectivity index (χ0n) is 15.6. The third kappa shape index (κ3) is 6.20. The molecule has 2 amide bonds. The van der Waals surface area contributed by atoms with Crippen LogP contribution in [-0.2, 0) is 24.2 Å². The van der Waals surface area contributed by atoms with Crippen molar-refractivity contribution in [1.29, 1.82) is 0 Å². The Bertz CT molecular complexity index is 602. The van der Waals surface area contributed by atoms with Crippen LogP contribution in [0.5, 0.6) is 0 Å². The van der Waals surface area contributed by atoms with Crippen molar-refractivity contribution in [3.05, 3.63) is 0 Å². The van der Waals surface area contributed by atoms with Gasteiger partial charge in [-0.1, -0.05) is 26.7 Å². The highest BCUT2D eigenvalue weighted by Gasteiger charge is 2.45. The van der Waals surface area contributed by atoms with E-state index in [1.54, 1.807) is 13.8 Å². The first-order chi connectivity index (χ1) is 11.4. The molecule has 24 heavy (non-hydrogen) atoms. The first-order valence-electron chi connectivity index (χ1n) is 8.45. The van der Waals surface area contributed by atoms with Crippen molar-refractivity contribution in [3.63, 3.8) is 0 Å². The molecule has 0 rings (SSSR count). The number of nitrogens with two attached hydrogens (primary N) is 2. The lowest BCUT2D eigenvalue weighted by atomic mass is 9.93. The van der Waals surface area contributed by atoms with Crippen molar-refractivity contribution < 1.29 is 24.2 Å². The maximum absolute atomic E-state index is 12.7. The minimum atomic E-state index is -4.22. The minimum Gasteiger partial charge on any atom is -0.368 e. The fourth-order valence-electron chi connectivity index (χ4n) is 2.26. The minimum absolute atomic E-state index is 0.0600. The standard InChI is InChI=1S/C15H29N3O5S/c1-4-6-11(7-5-2)24(22,23)10-15(17,14(16)21)12(19)8-9-13(20)18-3/h11H,4-10,17H2,1-3H3,(H2,16,21)(H,18,20)/t15-/m1/s1/i11D. The molecule has 0 aromatic rings. The quantitative estimate of drug-likeness (QED) is 0.403. The summed E-state index contributed by atoms with van der Waals surface area (Å²) in [6.07, 6.45) is 0.358. The number of ketones is 1. The van der Waals surface area contributed by atoms with Crippen molar-refractivity contribution in [1.82, 2.24) is 5.32 Å². The molecule has 0 aromatic heterocycles. The lowest BCUT2D eigenvalue weighted by Crippen LogP contribution is -2.63. The number of carbonyl (C=O) groups excluding carboxylic acids is 3. The Morgan fingerprint density at radius 1 is 1.17 bits per heavy atom. The molecule has 0 radical (unpaired) electrons. The highest BCUT2D eigenvalue weighted by atomic mass is 32.2. The Hall–Kier alpha value is -1.48. The largest absolute Gasteiger partial charge is 0.368 e. The first kappa shape index (κ1) is 20.6. The third-order valence-electron chi connectivity index (χ3n) is 3.71. The smallest absolute Gasteiger partial charge is 0.246 e. The highest BCUT2D eigenvalue weighted by molar-refractivity contribution is 7.92. The van der Waals surface area contributed by atoms with Crippen molar-refractivity contribution in [2.45, 2.75) is 63.1 Å². The summed E-state index contributed by atoms with van der Waals surface area (Å²) < 4.78 is 33.8. The van der Waals surface area contributed by atoms with Crippen LogP contribution in [0.2, 0.25) is 0 Å². The Morgan fingerprint density at radius 3 is 2.04 bits per heavy atom. The van der Waals surface area contributed by atoms with Crippen LogP contribution >= 0.6 is 0 Å². The van der Waals surface area contributed by atoms with Crippen molar-refractivity contribution >= 4 is 27.4 Å². The molecule has 0 aliphatic heterocycles. The predicted molar refractivity (Wildman–Crippen MR) is 91.8 cm³/mol. The number of rotatable bonds is 12. The van der Waals surface area contributed by atoms with E-state index in [1.807, 2.05) is 0 Å². The summed E-state index contributed by atoms with van der Waals surface area (Å²) in [6.45, 7) is 3.49. The number of amides is 2. The van der Waals surface area contributed by atoms with Gasteiger partial charge in [-0.05, 0) is 12.8 Å². The summed E-state index contributed by atoms with van der Waals surface area (Å²) in [5, 5.41) is 0.475. The number of carbonyl (C=O) groups is 3. The molecular formula is C15H29N3O5S. The Labute approximate surface area is 145 Å². The van der Waals surface area contributed by atoms with E-state index in [-0.39, 0.29) is 19.3 Å².